The van der Waals surface area contributed by atoms with Gasteiger partial charge in [-0.25, -0.2) is 9.97 Å². The van der Waals surface area contributed by atoms with Crippen LogP contribution in [0.3, 0.4) is 0 Å². The van der Waals surface area contributed by atoms with Crippen molar-refractivity contribution >= 4 is 40.9 Å². The van der Waals surface area contributed by atoms with Crippen molar-refractivity contribution in [3.8, 4) is 22.9 Å². The number of thioether (sulfide) groups is 1. The van der Waals surface area contributed by atoms with E-state index in [1.807, 2.05) is 60.0 Å². The molecule has 33 heavy (non-hydrogen) atoms. The van der Waals surface area contributed by atoms with Crippen molar-refractivity contribution in [1.29, 1.82) is 0 Å². The number of hydrogen-bond acceptors (Lipinski definition) is 8. The summed E-state index contributed by atoms with van der Waals surface area (Å²) in [6, 6.07) is 17.3. The minimum atomic E-state index is 0.559. The number of nitrogens with one attached hydrogen (secondary N) is 1. The average Bonchev–Trinajstić information content (AvgIpc) is 2.88. The average molecular weight is 458 g/mol. The predicted octanol–water partition coefficient (Wildman–Crippen LogP) is 5.51. The summed E-state index contributed by atoms with van der Waals surface area (Å²) in [4.78, 5) is 17.8. The van der Waals surface area contributed by atoms with E-state index in [0.717, 1.165) is 39.2 Å². The lowest BCUT2D eigenvalue weighted by Gasteiger charge is -2.12. The molecule has 4 rings (SSSR count). The van der Waals surface area contributed by atoms with Crippen LogP contribution < -0.4 is 14.8 Å². The van der Waals surface area contributed by atoms with Gasteiger partial charge in [0.1, 0.15) is 17.3 Å². The van der Waals surface area contributed by atoms with Crippen LogP contribution in [0.2, 0.25) is 0 Å². The molecule has 0 saturated heterocycles. The van der Waals surface area contributed by atoms with Gasteiger partial charge in [0.25, 0.3) is 0 Å². The van der Waals surface area contributed by atoms with Gasteiger partial charge < -0.3 is 14.8 Å². The van der Waals surface area contributed by atoms with Crippen LogP contribution in [-0.2, 0) is 0 Å². The molecule has 2 aromatic carbocycles. The molecular formula is C25H23N5O2S. The van der Waals surface area contributed by atoms with Crippen molar-refractivity contribution in [1.82, 2.24) is 15.0 Å². The molecule has 0 bridgehead atoms. The summed E-state index contributed by atoms with van der Waals surface area (Å²) < 4.78 is 10.8. The van der Waals surface area contributed by atoms with Gasteiger partial charge in [-0.2, -0.15) is 0 Å². The smallest absolute Gasteiger partial charge is 0.163 e. The van der Waals surface area contributed by atoms with Crippen molar-refractivity contribution < 1.29 is 9.47 Å². The summed E-state index contributed by atoms with van der Waals surface area (Å²) in [6.45, 7) is 3.71. The summed E-state index contributed by atoms with van der Waals surface area (Å²) in [6.07, 6.45) is 3.48. The van der Waals surface area contributed by atoms with Gasteiger partial charge in [0, 0.05) is 28.9 Å². The quantitative estimate of drug-likeness (QED) is 0.202. The first-order valence-corrected chi connectivity index (χ1v) is 11.2. The van der Waals surface area contributed by atoms with E-state index in [-0.39, 0.29) is 0 Å². The molecule has 0 unspecified atom stereocenters. The third-order valence-corrected chi connectivity index (χ3v) is 5.59. The topological polar surface area (TPSA) is 81.5 Å². The van der Waals surface area contributed by atoms with Crippen LogP contribution in [0.25, 0.3) is 28.0 Å². The second-order valence-electron chi connectivity index (χ2n) is 6.87. The van der Waals surface area contributed by atoms with E-state index in [4.69, 9.17) is 19.4 Å². The number of benzene rings is 2. The number of anilines is 1. The third-order valence-electron chi connectivity index (χ3n) is 4.89. The molecule has 0 saturated carbocycles. The molecule has 0 aliphatic rings. The fraction of sp³-hybridized carbons (Fsp3) is 0.120. The Hall–Kier alpha value is -3.91. The number of rotatable bonds is 9. The second kappa shape index (κ2) is 10.6. The van der Waals surface area contributed by atoms with Crippen LogP contribution in [0.15, 0.2) is 77.4 Å². The highest BCUT2D eigenvalue weighted by Gasteiger charge is 2.11. The van der Waals surface area contributed by atoms with E-state index in [0.29, 0.717) is 17.5 Å². The summed E-state index contributed by atoms with van der Waals surface area (Å²) in [5.74, 6) is 3.37. The molecular weight excluding hydrogens is 434 g/mol. The largest absolute Gasteiger partial charge is 0.497 e. The molecule has 4 aromatic rings. The Bertz CT molecular complexity index is 1290. The lowest BCUT2D eigenvalue weighted by Crippen LogP contribution is -2.03. The first kappa shape index (κ1) is 22.3. The van der Waals surface area contributed by atoms with Gasteiger partial charge in [0.05, 0.1) is 31.3 Å². The zero-order chi connectivity index (χ0) is 23.0. The maximum atomic E-state index is 5.44. The Morgan fingerprint density at radius 3 is 2.73 bits per heavy atom. The van der Waals surface area contributed by atoms with Crippen LogP contribution in [0.5, 0.6) is 11.5 Å². The molecule has 166 valence electrons. The minimum Gasteiger partial charge on any atom is -0.497 e. The predicted molar refractivity (Wildman–Crippen MR) is 136 cm³/mol. The van der Waals surface area contributed by atoms with E-state index in [2.05, 4.69) is 22.0 Å². The lowest BCUT2D eigenvalue weighted by atomic mass is 10.1. The van der Waals surface area contributed by atoms with Gasteiger partial charge in [-0.1, -0.05) is 12.1 Å². The van der Waals surface area contributed by atoms with Gasteiger partial charge in [-0.15, -0.1) is 11.8 Å². The number of hydrogen-bond donors (Lipinski definition) is 1. The van der Waals surface area contributed by atoms with Crippen LogP contribution in [0, 0.1) is 0 Å². The molecule has 7 nitrogen and oxygen atoms in total. The van der Waals surface area contributed by atoms with Crippen LogP contribution in [0.1, 0.15) is 5.56 Å². The highest BCUT2D eigenvalue weighted by atomic mass is 32.2. The summed E-state index contributed by atoms with van der Waals surface area (Å²) >= 11 is 1.55. The molecule has 0 spiro atoms. The molecule has 0 aliphatic carbocycles. The van der Waals surface area contributed by atoms with Crippen molar-refractivity contribution in [3.05, 3.63) is 78.0 Å². The molecule has 0 atom stereocenters. The van der Waals surface area contributed by atoms with Gasteiger partial charge >= 0.3 is 0 Å². The number of pyridine rings is 1. The number of fused-ring (bicyclic) bond motifs is 1. The maximum absolute atomic E-state index is 5.44. The number of aromatic nitrogens is 3. The van der Waals surface area contributed by atoms with Gasteiger partial charge in [0.2, 0.25) is 0 Å². The zero-order valence-corrected chi connectivity index (χ0v) is 19.2. The Morgan fingerprint density at radius 1 is 1.09 bits per heavy atom. The Morgan fingerprint density at radius 2 is 1.97 bits per heavy atom. The van der Waals surface area contributed by atoms with E-state index in [1.165, 1.54) is 0 Å². The van der Waals surface area contributed by atoms with Crippen LogP contribution in [0.4, 0.5) is 5.82 Å². The highest BCUT2D eigenvalue weighted by molar-refractivity contribution is 8.02. The van der Waals surface area contributed by atoms with E-state index < -0.39 is 0 Å². The molecule has 2 aromatic heterocycles. The maximum Gasteiger partial charge on any atom is 0.163 e. The fourth-order valence-electron chi connectivity index (χ4n) is 3.27. The summed E-state index contributed by atoms with van der Waals surface area (Å²) in [5, 5.41) is 6.23. The fourth-order valence-corrected chi connectivity index (χ4v) is 3.93. The zero-order valence-electron chi connectivity index (χ0n) is 18.4. The monoisotopic (exact) mass is 457 g/mol. The molecule has 0 aliphatic heterocycles. The Labute approximate surface area is 196 Å². The van der Waals surface area contributed by atoms with Crippen LogP contribution in [-0.4, -0.2) is 41.8 Å². The molecule has 0 radical (unpaired) electrons. The highest BCUT2D eigenvalue weighted by Crippen LogP contribution is 2.30. The normalized spacial score (nSPS) is 11.3. The van der Waals surface area contributed by atoms with Crippen LogP contribution >= 0.6 is 11.8 Å². The van der Waals surface area contributed by atoms with E-state index >= 15 is 0 Å². The Balaban J connectivity index is 1.60. The van der Waals surface area contributed by atoms with Gasteiger partial charge in [-0.3, -0.25) is 9.98 Å². The molecule has 0 amide bonds. The number of nitrogens with zero attached hydrogens (tertiary/aromatic N) is 4. The number of ether oxygens (including phenoxy) is 2. The Kier molecular flexibility index (Phi) is 7.16. The molecule has 0 fully saturated rings. The third kappa shape index (κ3) is 5.12. The number of methoxy groups -OCH3 is 2. The van der Waals surface area contributed by atoms with E-state index in [9.17, 15) is 0 Å². The number of para-hydroxylation sites is 1. The second-order valence-corrected chi connectivity index (χ2v) is 7.73. The van der Waals surface area contributed by atoms with Gasteiger partial charge in [0.15, 0.2) is 5.82 Å². The minimum absolute atomic E-state index is 0.559. The number of aliphatic imine (C=N–C) groups is 1. The van der Waals surface area contributed by atoms with E-state index in [1.54, 1.807) is 38.4 Å². The first-order valence-electron chi connectivity index (χ1n) is 10.2. The summed E-state index contributed by atoms with van der Waals surface area (Å²) in [5.41, 5.74) is 3.29. The SMILES string of the molecule is C=N/C(=C\SCNc1nc(-c2cccnc2)nc2ccc(OC)cc12)c1ccccc1OC. The molecule has 8 heteroatoms. The standard InChI is InChI=1S/C25H23N5O2S/c1-26-22(19-8-4-5-9-23(19)32-3)15-33-16-28-25-20-13-18(31-2)10-11-21(20)29-24(30-25)17-7-6-12-27-14-17/h4-15H,1,16H2,2-3H3,(H,28,29,30)/b22-15-. The van der Waals surface area contributed by atoms with Crippen molar-refractivity contribution in [2.75, 3.05) is 25.4 Å². The van der Waals surface area contributed by atoms with Gasteiger partial charge in [-0.05, 0) is 54.6 Å². The molecule has 1 N–H and O–H groups in total. The van der Waals surface area contributed by atoms with Crippen molar-refractivity contribution in [2.24, 2.45) is 4.99 Å². The van der Waals surface area contributed by atoms with Crippen molar-refractivity contribution in [2.45, 2.75) is 0 Å². The molecule has 2 heterocycles. The van der Waals surface area contributed by atoms with Crippen molar-refractivity contribution in [3.63, 3.8) is 0 Å². The summed E-state index contributed by atoms with van der Waals surface area (Å²) in [7, 11) is 3.28. The first-order chi connectivity index (χ1) is 16.2. The lowest BCUT2D eigenvalue weighted by molar-refractivity contribution is 0.413.